The number of benzene rings is 1. The quantitative estimate of drug-likeness (QED) is 0.851. The van der Waals surface area contributed by atoms with Crippen molar-refractivity contribution in [3.05, 3.63) is 46.5 Å². The molecule has 7 nitrogen and oxygen atoms in total. The van der Waals surface area contributed by atoms with Gasteiger partial charge in [-0.05, 0) is 38.0 Å². The van der Waals surface area contributed by atoms with Gasteiger partial charge in [-0.25, -0.2) is 9.18 Å². The Labute approximate surface area is 167 Å². The zero-order chi connectivity index (χ0) is 20.0. The molecule has 1 saturated carbocycles. The van der Waals surface area contributed by atoms with Crippen LogP contribution in [0.5, 0.6) is 0 Å². The molecule has 1 aromatic heterocycles. The average Bonchev–Trinajstić information content (AvgIpc) is 3.43. The molecule has 0 bridgehead atoms. The number of urea groups is 1. The molecule has 1 N–H and O–H groups in total. The molecule has 2 heterocycles. The predicted octanol–water partition coefficient (Wildman–Crippen LogP) is 3.35. The number of amides is 3. The summed E-state index contributed by atoms with van der Waals surface area (Å²) in [5.41, 5.74) is 1.67. The van der Waals surface area contributed by atoms with E-state index in [2.05, 4.69) is 10.4 Å². The molecule has 0 radical (unpaired) electrons. The van der Waals surface area contributed by atoms with Crippen molar-refractivity contribution in [3.63, 3.8) is 0 Å². The molecule has 3 amide bonds. The van der Waals surface area contributed by atoms with Crippen molar-refractivity contribution in [3.8, 4) is 0 Å². The van der Waals surface area contributed by atoms with Gasteiger partial charge in [-0.1, -0.05) is 11.6 Å². The van der Waals surface area contributed by atoms with Crippen LogP contribution >= 0.6 is 11.6 Å². The molecular weight excluding hydrogens is 385 g/mol. The van der Waals surface area contributed by atoms with Crippen LogP contribution in [0, 0.1) is 5.82 Å². The van der Waals surface area contributed by atoms with Gasteiger partial charge >= 0.3 is 6.03 Å². The van der Waals surface area contributed by atoms with Gasteiger partial charge in [0.15, 0.2) is 0 Å². The number of anilines is 1. The standard InChI is InChI=1S/C19H21ClFN5O2/c1-11-9-26-17(14(8-22-26)18(27)24(2)13-4-5-13)10-25(11)19(28)23-12-3-6-16(21)15(20)7-12/h3,6-8,11,13H,4-5,9-10H2,1-2H3,(H,23,28). The van der Waals surface area contributed by atoms with Crippen LogP contribution in [0.1, 0.15) is 35.8 Å². The number of rotatable bonds is 3. The van der Waals surface area contributed by atoms with Gasteiger partial charge in [-0.15, -0.1) is 0 Å². The lowest BCUT2D eigenvalue weighted by Crippen LogP contribution is -2.47. The van der Waals surface area contributed by atoms with Crippen molar-refractivity contribution in [2.24, 2.45) is 0 Å². The van der Waals surface area contributed by atoms with Gasteiger partial charge in [0.1, 0.15) is 5.82 Å². The van der Waals surface area contributed by atoms with Gasteiger partial charge in [-0.3, -0.25) is 9.48 Å². The monoisotopic (exact) mass is 405 g/mol. The van der Waals surface area contributed by atoms with Crippen molar-refractivity contribution >= 4 is 29.2 Å². The largest absolute Gasteiger partial charge is 0.339 e. The Hall–Kier alpha value is -2.61. The second-order valence-corrected chi connectivity index (χ2v) is 7.78. The van der Waals surface area contributed by atoms with Gasteiger partial charge in [0.2, 0.25) is 0 Å². The molecule has 0 spiro atoms. The Bertz CT molecular complexity index is 942. The van der Waals surface area contributed by atoms with E-state index in [1.807, 2.05) is 6.92 Å². The second-order valence-electron chi connectivity index (χ2n) is 7.37. The highest BCUT2D eigenvalue weighted by Crippen LogP contribution is 2.29. The van der Waals surface area contributed by atoms with Gasteiger partial charge in [-0.2, -0.15) is 5.10 Å². The number of hydrogen-bond acceptors (Lipinski definition) is 3. The summed E-state index contributed by atoms with van der Waals surface area (Å²) in [7, 11) is 1.80. The van der Waals surface area contributed by atoms with Crippen molar-refractivity contribution in [2.45, 2.75) is 44.9 Å². The number of aromatic nitrogens is 2. The zero-order valence-electron chi connectivity index (χ0n) is 15.7. The van der Waals surface area contributed by atoms with Gasteiger partial charge in [0, 0.05) is 18.8 Å². The first-order valence-corrected chi connectivity index (χ1v) is 9.57. The zero-order valence-corrected chi connectivity index (χ0v) is 16.4. The normalized spacial score (nSPS) is 18.6. The van der Waals surface area contributed by atoms with Crippen LogP contribution < -0.4 is 5.32 Å². The number of halogens is 2. The van der Waals surface area contributed by atoms with Crippen LogP contribution in [0.3, 0.4) is 0 Å². The van der Waals surface area contributed by atoms with Crippen LogP contribution in [0.25, 0.3) is 0 Å². The van der Waals surface area contributed by atoms with E-state index in [9.17, 15) is 14.0 Å². The van der Waals surface area contributed by atoms with Gasteiger partial charge < -0.3 is 15.1 Å². The van der Waals surface area contributed by atoms with Crippen molar-refractivity contribution in [2.75, 3.05) is 12.4 Å². The number of carbonyl (C=O) groups excluding carboxylic acids is 2. The summed E-state index contributed by atoms with van der Waals surface area (Å²) in [6.45, 7) is 2.68. The number of nitrogens with one attached hydrogen (secondary N) is 1. The molecule has 148 valence electrons. The minimum atomic E-state index is -0.544. The van der Waals surface area contributed by atoms with Crippen LogP contribution in [-0.4, -0.2) is 50.6 Å². The van der Waals surface area contributed by atoms with Gasteiger partial charge in [0.25, 0.3) is 5.91 Å². The van der Waals surface area contributed by atoms with Crippen LogP contribution in [0.4, 0.5) is 14.9 Å². The van der Waals surface area contributed by atoms with Crippen molar-refractivity contribution < 1.29 is 14.0 Å². The molecule has 1 aliphatic carbocycles. The molecule has 1 aromatic carbocycles. The SMILES string of the molecule is CC1Cn2ncc(C(=O)N(C)C3CC3)c2CN1C(=O)Nc1ccc(F)c(Cl)c1. The third-order valence-electron chi connectivity index (χ3n) is 5.32. The Balaban J connectivity index is 1.53. The van der Waals surface area contributed by atoms with Crippen LogP contribution in [-0.2, 0) is 13.1 Å². The molecule has 1 atom stereocenters. The lowest BCUT2D eigenvalue weighted by atomic mass is 10.1. The summed E-state index contributed by atoms with van der Waals surface area (Å²) in [6.07, 6.45) is 3.64. The maximum atomic E-state index is 13.3. The van der Waals surface area contributed by atoms with Crippen molar-refractivity contribution in [1.82, 2.24) is 19.6 Å². The maximum Gasteiger partial charge on any atom is 0.322 e. The number of fused-ring (bicyclic) bond motifs is 1. The predicted molar refractivity (Wildman–Crippen MR) is 103 cm³/mol. The number of carbonyl (C=O) groups is 2. The molecule has 1 unspecified atom stereocenters. The number of hydrogen-bond donors (Lipinski definition) is 1. The van der Waals surface area contributed by atoms with E-state index in [4.69, 9.17) is 11.6 Å². The topological polar surface area (TPSA) is 70.5 Å². The van der Waals surface area contributed by atoms with Gasteiger partial charge in [0.05, 0.1) is 41.6 Å². The summed E-state index contributed by atoms with van der Waals surface area (Å²) >= 11 is 5.79. The highest BCUT2D eigenvalue weighted by molar-refractivity contribution is 6.31. The van der Waals surface area contributed by atoms with E-state index in [1.54, 1.807) is 27.7 Å². The Morgan fingerprint density at radius 2 is 2.11 bits per heavy atom. The van der Waals surface area contributed by atoms with E-state index >= 15 is 0 Å². The minimum absolute atomic E-state index is 0.0569. The summed E-state index contributed by atoms with van der Waals surface area (Å²) in [4.78, 5) is 29.0. The first-order chi connectivity index (χ1) is 13.3. The van der Waals surface area contributed by atoms with E-state index < -0.39 is 5.82 Å². The first kappa shape index (κ1) is 18.7. The molecule has 1 fully saturated rings. The molecule has 1 aliphatic heterocycles. The highest BCUT2D eigenvalue weighted by atomic mass is 35.5. The summed E-state index contributed by atoms with van der Waals surface area (Å²) in [6, 6.07) is 3.87. The molecule has 4 rings (SSSR count). The molecule has 2 aromatic rings. The van der Waals surface area contributed by atoms with Crippen LogP contribution in [0.15, 0.2) is 24.4 Å². The third-order valence-corrected chi connectivity index (χ3v) is 5.60. The Morgan fingerprint density at radius 1 is 1.36 bits per heavy atom. The Morgan fingerprint density at radius 3 is 2.79 bits per heavy atom. The molecule has 2 aliphatic rings. The minimum Gasteiger partial charge on any atom is -0.339 e. The fraction of sp³-hybridized carbons (Fsp3) is 0.421. The van der Waals surface area contributed by atoms with E-state index in [0.717, 1.165) is 18.5 Å². The average molecular weight is 406 g/mol. The van der Waals surface area contributed by atoms with E-state index in [1.165, 1.54) is 18.2 Å². The fourth-order valence-electron chi connectivity index (χ4n) is 3.44. The number of nitrogens with zero attached hydrogens (tertiary/aromatic N) is 4. The lowest BCUT2D eigenvalue weighted by Gasteiger charge is -2.34. The fourth-order valence-corrected chi connectivity index (χ4v) is 3.62. The third kappa shape index (κ3) is 3.44. The molecule has 9 heteroatoms. The highest BCUT2D eigenvalue weighted by Gasteiger charge is 2.35. The van der Waals surface area contributed by atoms with E-state index in [-0.39, 0.29) is 29.5 Å². The summed E-state index contributed by atoms with van der Waals surface area (Å²) in [5.74, 6) is -0.609. The molecule has 28 heavy (non-hydrogen) atoms. The molecular formula is C19H21ClFN5O2. The maximum absolute atomic E-state index is 13.3. The summed E-state index contributed by atoms with van der Waals surface area (Å²) < 4.78 is 15.1. The van der Waals surface area contributed by atoms with Crippen LogP contribution in [0.2, 0.25) is 5.02 Å². The Kier molecular flexibility index (Phi) is 4.74. The second kappa shape index (κ2) is 7.09. The summed E-state index contributed by atoms with van der Waals surface area (Å²) in [5, 5.41) is 7.03. The smallest absolute Gasteiger partial charge is 0.322 e. The molecule has 0 saturated heterocycles. The van der Waals surface area contributed by atoms with Crippen molar-refractivity contribution in [1.29, 1.82) is 0 Å². The van der Waals surface area contributed by atoms with E-state index in [0.29, 0.717) is 23.8 Å². The first-order valence-electron chi connectivity index (χ1n) is 9.19. The lowest BCUT2D eigenvalue weighted by molar-refractivity contribution is 0.0780.